The minimum absolute atomic E-state index is 0.150. The van der Waals surface area contributed by atoms with Gasteiger partial charge in [-0.15, -0.1) is 6.42 Å². The van der Waals surface area contributed by atoms with Crippen molar-refractivity contribution in [3.63, 3.8) is 0 Å². The van der Waals surface area contributed by atoms with E-state index in [1.807, 2.05) is 18.9 Å². The van der Waals surface area contributed by atoms with Gasteiger partial charge in [0.2, 0.25) is 5.89 Å². The van der Waals surface area contributed by atoms with Gasteiger partial charge in [0.25, 0.3) is 0 Å². The molecule has 1 aromatic heterocycles. The number of rotatable bonds is 7. The van der Waals surface area contributed by atoms with Crippen molar-refractivity contribution in [1.82, 2.24) is 15.0 Å². The average molecular weight is 251 g/mol. The van der Waals surface area contributed by atoms with E-state index in [4.69, 9.17) is 15.7 Å². The topological polar surface area (TPSA) is 51.4 Å². The highest BCUT2D eigenvalue weighted by molar-refractivity contribution is 4.92. The number of aromatic nitrogens is 2. The summed E-state index contributed by atoms with van der Waals surface area (Å²) in [5.41, 5.74) is 0. The monoisotopic (exact) mass is 251 g/mol. The quantitative estimate of drug-likeness (QED) is 0.692. The van der Waals surface area contributed by atoms with Crippen LogP contribution in [0.5, 0.6) is 0 Å². The number of terminal acetylenes is 1. The molecule has 0 aliphatic heterocycles. The standard InChI is InChI=1S/C13H21N3O2/c1-6-7-16(5)8-12-14-13(15-18-12)11(4)17-9-10(2)3/h1,10-11H,7-9H2,2-5H3/t11-/m1/s1. The lowest BCUT2D eigenvalue weighted by atomic mass is 10.2. The van der Waals surface area contributed by atoms with Crippen LogP contribution >= 0.6 is 0 Å². The Labute approximate surface area is 109 Å². The summed E-state index contributed by atoms with van der Waals surface area (Å²) in [6, 6.07) is 0. The first kappa shape index (κ1) is 14.7. The maximum absolute atomic E-state index is 5.62. The summed E-state index contributed by atoms with van der Waals surface area (Å²) in [6.07, 6.45) is 5.08. The highest BCUT2D eigenvalue weighted by Crippen LogP contribution is 2.14. The SMILES string of the molecule is C#CCN(C)Cc1nc([C@@H](C)OCC(C)C)no1. The Morgan fingerprint density at radius 1 is 1.44 bits per heavy atom. The third-order valence-electron chi connectivity index (χ3n) is 2.29. The van der Waals surface area contributed by atoms with Crippen molar-refractivity contribution < 1.29 is 9.26 Å². The van der Waals surface area contributed by atoms with E-state index in [0.29, 0.717) is 37.3 Å². The molecular weight excluding hydrogens is 230 g/mol. The first-order valence-electron chi connectivity index (χ1n) is 6.09. The Morgan fingerprint density at radius 3 is 2.78 bits per heavy atom. The zero-order valence-corrected chi connectivity index (χ0v) is 11.5. The minimum atomic E-state index is -0.150. The summed E-state index contributed by atoms with van der Waals surface area (Å²) in [5.74, 6) is 4.19. The predicted molar refractivity (Wildman–Crippen MR) is 68.7 cm³/mol. The van der Waals surface area contributed by atoms with Crippen molar-refractivity contribution in [1.29, 1.82) is 0 Å². The number of ether oxygens (including phenoxy) is 1. The van der Waals surface area contributed by atoms with Gasteiger partial charge >= 0.3 is 0 Å². The van der Waals surface area contributed by atoms with Gasteiger partial charge in [0, 0.05) is 6.61 Å². The maximum Gasteiger partial charge on any atom is 0.240 e. The average Bonchev–Trinajstić information content (AvgIpc) is 2.74. The Hall–Kier alpha value is -1.38. The summed E-state index contributed by atoms with van der Waals surface area (Å²) in [7, 11) is 1.91. The van der Waals surface area contributed by atoms with Crippen LogP contribution in [0.3, 0.4) is 0 Å². The maximum atomic E-state index is 5.62. The minimum Gasteiger partial charge on any atom is -0.370 e. The van der Waals surface area contributed by atoms with E-state index in [1.54, 1.807) is 0 Å². The van der Waals surface area contributed by atoms with Crippen LogP contribution < -0.4 is 0 Å². The molecule has 0 aliphatic carbocycles. The molecule has 100 valence electrons. The van der Waals surface area contributed by atoms with Gasteiger partial charge in [-0.05, 0) is 19.9 Å². The van der Waals surface area contributed by atoms with E-state index in [2.05, 4.69) is 29.9 Å². The van der Waals surface area contributed by atoms with E-state index >= 15 is 0 Å². The second-order valence-electron chi connectivity index (χ2n) is 4.79. The fraction of sp³-hybridized carbons (Fsp3) is 0.692. The Balaban J connectivity index is 2.49. The molecule has 0 saturated heterocycles. The molecule has 1 aromatic rings. The lowest BCUT2D eigenvalue weighted by Gasteiger charge is -2.11. The smallest absolute Gasteiger partial charge is 0.240 e. The molecule has 0 amide bonds. The van der Waals surface area contributed by atoms with Gasteiger partial charge in [0.05, 0.1) is 13.1 Å². The fourth-order valence-corrected chi connectivity index (χ4v) is 1.35. The first-order chi connectivity index (χ1) is 8.52. The molecule has 0 saturated carbocycles. The van der Waals surface area contributed by atoms with Crippen LogP contribution in [0.15, 0.2) is 4.52 Å². The van der Waals surface area contributed by atoms with Crippen molar-refractivity contribution in [2.45, 2.75) is 33.4 Å². The van der Waals surface area contributed by atoms with Crippen molar-refractivity contribution in [2.24, 2.45) is 5.92 Å². The number of hydrogen-bond donors (Lipinski definition) is 0. The van der Waals surface area contributed by atoms with Gasteiger partial charge in [-0.2, -0.15) is 4.98 Å². The molecule has 0 spiro atoms. The van der Waals surface area contributed by atoms with Gasteiger partial charge < -0.3 is 9.26 Å². The Bertz CT molecular complexity index is 395. The molecule has 1 rings (SSSR count). The van der Waals surface area contributed by atoms with Crippen molar-refractivity contribution in [2.75, 3.05) is 20.2 Å². The lowest BCUT2D eigenvalue weighted by Crippen LogP contribution is -2.18. The molecule has 0 bridgehead atoms. The molecule has 0 N–H and O–H groups in total. The van der Waals surface area contributed by atoms with Gasteiger partial charge in [-0.25, -0.2) is 0 Å². The number of nitrogens with zero attached hydrogens (tertiary/aromatic N) is 3. The second kappa shape index (κ2) is 7.14. The molecule has 5 heteroatoms. The summed E-state index contributed by atoms with van der Waals surface area (Å²) >= 11 is 0. The first-order valence-corrected chi connectivity index (χ1v) is 6.09. The van der Waals surface area contributed by atoms with Gasteiger partial charge in [-0.1, -0.05) is 24.9 Å². The van der Waals surface area contributed by atoms with Crippen molar-refractivity contribution in [3.05, 3.63) is 11.7 Å². The fourth-order valence-electron chi connectivity index (χ4n) is 1.35. The van der Waals surface area contributed by atoms with Crippen molar-refractivity contribution in [3.8, 4) is 12.3 Å². The van der Waals surface area contributed by atoms with Crippen LogP contribution in [0.25, 0.3) is 0 Å². The highest BCUT2D eigenvalue weighted by atomic mass is 16.5. The molecule has 18 heavy (non-hydrogen) atoms. The normalized spacial score (nSPS) is 12.9. The van der Waals surface area contributed by atoms with E-state index in [9.17, 15) is 0 Å². The Morgan fingerprint density at radius 2 is 2.17 bits per heavy atom. The molecule has 0 unspecified atom stereocenters. The zero-order chi connectivity index (χ0) is 13.5. The van der Waals surface area contributed by atoms with E-state index in [1.165, 1.54) is 0 Å². The molecule has 0 aliphatic rings. The molecule has 1 heterocycles. The van der Waals surface area contributed by atoms with E-state index < -0.39 is 0 Å². The zero-order valence-electron chi connectivity index (χ0n) is 11.5. The van der Waals surface area contributed by atoms with Crippen LogP contribution in [0.4, 0.5) is 0 Å². The van der Waals surface area contributed by atoms with Gasteiger partial charge in [0.1, 0.15) is 6.10 Å². The molecule has 0 fully saturated rings. The highest BCUT2D eigenvalue weighted by Gasteiger charge is 2.15. The number of hydrogen-bond acceptors (Lipinski definition) is 5. The van der Waals surface area contributed by atoms with Crippen LogP contribution in [-0.2, 0) is 11.3 Å². The summed E-state index contributed by atoms with van der Waals surface area (Å²) in [6.45, 7) is 7.90. The van der Waals surface area contributed by atoms with E-state index in [0.717, 1.165) is 0 Å². The second-order valence-corrected chi connectivity index (χ2v) is 4.79. The third kappa shape index (κ3) is 4.86. The molecule has 1 atom stereocenters. The lowest BCUT2D eigenvalue weighted by molar-refractivity contribution is 0.0402. The molecular formula is C13H21N3O2. The van der Waals surface area contributed by atoms with Crippen LogP contribution in [0, 0.1) is 18.3 Å². The predicted octanol–water partition coefficient (Wildman–Crippen LogP) is 1.87. The van der Waals surface area contributed by atoms with Crippen LogP contribution in [0.1, 0.15) is 38.6 Å². The summed E-state index contributed by atoms with van der Waals surface area (Å²) in [4.78, 5) is 6.22. The molecule has 0 aromatic carbocycles. The van der Waals surface area contributed by atoms with Gasteiger partial charge in [-0.3, -0.25) is 4.90 Å². The Kier molecular flexibility index (Phi) is 5.83. The van der Waals surface area contributed by atoms with Crippen molar-refractivity contribution >= 4 is 0 Å². The van der Waals surface area contributed by atoms with E-state index in [-0.39, 0.29) is 6.10 Å². The van der Waals surface area contributed by atoms with Crippen LogP contribution in [0.2, 0.25) is 0 Å². The third-order valence-corrected chi connectivity index (χ3v) is 2.29. The molecule has 5 nitrogen and oxygen atoms in total. The van der Waals surface area contributed by atoms with Crippen LogP contribution in [-0.4, -0.2) is 35.2 Å². The van der Waals surface area contributed by atoms with Gasteiger partial charge in [0.15, 0.2) is 5.82 Å². The molecule has 0 radical (unpaired) electrons. The summed E-state index contributed by atoms with van der Waals surface area (Å²) < 4.78 is 10.8. The summed E-state index contributed by atoms with van der Waals surface area (Å²) in [5, 5.41) is 3.92. The largest absolute Gasteiger partial charge is 0.370 e.